The van der Waals surface area contributed by atoms with Crippen LogP contribution in [0.25, 0.3) is 0 Å². The van der Waals surface area contributed by atoms with Crippen LogP contribution in [0.4, 0.5) is 26.3 Å². The predicted molar refractivity (Wildman–Crippen MR) is 100 cm³/mol. The van der Waals surface area contributed by atoms with E-state index in [9.17, 15) is 36.2 Å². The van der Waals surface area contributed by atoms with E-state index in [1.165, 1.54) is 32.4 Å². The number of ketones is 1. The van der Waals surface area contributed by atoms with Crippen molar-refractivity contribution in [3.05, 3.63) is 58.6 Å². The lowest BCUT2D eigenvalue weighted by Crippen LogP contribution is -2.48. The molecule has 0 heterocycles. The van der Waals surface area contributed by atoms with Crippen molar-refractivity contribution in [2.24, 2.45) is 5.73 Å². The van der Waals surface area contributed by atoms with Crippen molar-refractivity contribution in [1.82, 2.24) is 0 Å². The number of carbonyl (C=O) groups excluding carboxylic acids is 1. The highest BCUT2D eigenvalue weighted by molar-refractivity contribution is 6.30. The number of benzene rings is 2. The summed E-state index contributed by atoms with van der Waals surface area (Å²) >= 11 is 5.44. The molecule has 0 spiro atoms. The number of methoxy groups -OCH3 is 2. The minimum Gasteiger partial charge on any atom is -0.493 e. The SMILES string of the molecule is COc1ccc(C(O)(CN)C(F)(F)F)cc1OC.O=C(c1ccc(Cl)cc1)C(F)(F)F. The first-order valence-corrected chi connectivity index (χ1v) is 8.67. The maximum atomic E-state index is 12.8. The molecule has 0 amide bonds. The summed E-state index contributed by atoms with van der Waals surface area (Å²) in [5, 5.41) is 9.96. The molecule has 12 heteroatoms. The predicted octanol–water partition coefficient (Wildman–Crippen LogP) is 4.50. The van der Waals surface area contributed by atoms with E-state index in [2.05, 4.69) is 0 Å². The third kappa shape index (κ3) is 6.49. The number of hydrogen-bond acceptors (Lipinski definition) is 5. The molecule has 0 saturated heterocycles. The number of ether oxygens (including phenoxy) is 2. The molecule has 1 unspecified atom stereocenters. The number of nitrogens with two attached hydrogens (primary N) is 1. The van der Waals surface area contributed by atoms with Crippen molar-refractivity contribution >= 4 is 17.4 Å². The first-order valence-electron chi connectivity index (χ1n) is 8.30. The molecule has 0 aliphatic rings. The fourth-order valence-corrected chi connectivity index (χ4v) is 2.38. The molecule has 5 nitrogen and oxygen atoms in total. The van der Waals surface area contributed by atoms with Crippen molar-refractivity contribution < 1.29 is 45.7 Å². The summed E-state index contributed by atoms with van der Waals surface area (Å²) in [6.07, 6.45) is -9.70. The number of hydrogen-bond donors (Lipinski definition) is 2. The standard InChI is InChI=1S/C11H14F3NO3.C8H4ClF3O/c1-17-8-4-3-7(5-9(8)18-2)10(16,6-15)11(12,13)14;9-6-3-1-5(2-4-6)7(13)8(10,11)12/h3-5,16H,6,15H2,1-2H3;1-4H. The summed E-state index contributed by atoms with van der Waals surface area (Å²) in [5.41, 5.74) is 1.14. The highest BCUT2D eigenvalue weighted by atomic mass is 35.5. The molecule has 0 radical (unpaired) electrons. The quantitative estimate of drug-likeness (QED) is 0.494. The van der Waals surface area contributed by atoms with Gasteiger partial charge in [-0.1, -0.05) is 17.7 Å². The number of aliphatic hydroxyl groups is 1. The second-order valence-electron chi connectivity index (χ2n) is 5.97. The maximum Gasteiger partial charge on any atom is 0.454 e. The van der Waals surface area contributed by atoms with Crippen LogP contribution in [0, 0.1) is 0 Å². The van der Waals surface area contributed by atoms with Gasteiger partial charge in [-0.05, 0) is 42.0 Å². The molecular weight excluding hydrogens is 456 g/mol. The van der Waals surface area contributed by atoms with Crippen LogP contribution in [0.1, 0.15) is 15.9 Å². The van der Waals surface area contributed by atoms with E-state index in [0.717, 1.165) is 24.3 Å². The molecule has 31 heavy (non-hydrogen) atoms. The number of alkyl halides is 6. The largest absolute Gasteiger partial charge is 0.493 e. The van der Waals surface area contributed by atoms with Gasteiger partial charge in [-0.3, -0.25) is 4.79 Å². The summed E-state index contributed by atoms with van der Waals surface area (Å²) in [6, 6.07) is 7.98. The Bertz CT molecular complexity index is 886. The van der Waals surface area contributed by atoms with E-state index in [4.69, 9.17) is 26.8 Å². The summed E-state index contributed by atoms with van der Waals surface area (Å²) in [6.45, 7) is -0.980. The van der Waals surface area contributed by atoms with E-state index in [0.29, 0.717) is 5.02 Å². The Morgan fingerprint density at radius 2 is 1.48 bits per heavy atom. The summed E-state index contributed by atoms with van der Waals surface area (Å²) in [7, 11) is 2.65. The molecule has 0 aliphatic carbocycles. The Labute approximate surface area is 178 Å². The van der Waals surface area contributed by atoms with E-state index in [1.807, 2.05) is 0 Å². The molecular formula is C19H18ClF6NO4. The monoisotopic (exact) mass is 473 g/mol. The van der Waals surface area contributed by atoms with Gasteiger partial charge in [0.05, 0.1) is 14.2 Å². The summed E-state index contributed by atoms with van der Waals surface area (Å²) in [5.74, 6) is -1.50. The molecule has 0 saturated carbocycles. The van der Waals surface area contributed by atoms with Crippen molar-refractivity contribution in [3.8, 4) is 11.5 Å². The number of halogens is 7. The van der Waals surface area contributed by atoms with Crippen LogP contribution in [-0.4, -0.2) is 44.0 Å². The average molecular weight is 474 g/mol. The van der Waals surface area contributed by atoms with Crippen molar-refractivity contribution in [2.45, 2.75) is 18.0 Å². The zero-order valence-electron chi connectivity index (χ0n) is 16.1. The number of carbonyl (C=O) groups is 1. The molecule has 2 rings (SSSR count). The van der Waals surface area contributed by atoms with Gasteiger partial charge < -0.3 is 20.3 Å². The van der Waals surface area contributed by atoms with Gasteiger partial charge in [0.25, 0.3) is 5.78 Å². The van der Waals surface area contributed by atoms with Crippen LogP contribution in [0.5, 0.6) is 11.5 Å². The van der Waals surface area contributed by atoms with Crippen LogP contribution < -0.4 is 15.2 Å². The third-order valence-electron chi connectivity index (χ3n) is 3.99. The van der Waals surface area contributed by atoms with E-state index < -0.39 is 41.4 Å². The molecule has 0 bridgehead atoms. The molecule has 0 aromatic heterocycles. The number of Topliss-reactive ketones (excluding diaryl/α,β-unsaturated/α-hetero) is 1. The molecule has 172 valence electrons. The Balaban J connectivity index is 0.000000327. The lowest BCUT2D eigenvalue weighted by molar-refractivity contribution is -0.262. The lowest BCUT2D eigenvalue weighted by atomic mass is 9.93. The number of rotatable bonds is 5. The molecule has 1 atom stereocenters. The minimum atomic E-state index is -4.87. The molecule has 2 aromatic carbocycles. The topological polar surface area (TPSA) is 81.8 Å². The van der Waals surface area contributed by atoms with Crippen molar-refractivity contribution in [1.29, 1.82) is 0 Å². The first kappa shape index (κ1) is 26.5. The highest BCUT2D eigenvalue weighted by Gasteiger charge is 2.54. The van der Waals surface area contributed by atoms with Gasteiger partial charge in [-0.15, -0.1) is 0 Å². The fourth-order valence-electron chi connectivity index (χ4n) is 2.26. The van der Waals surface area contributed by atoms with Gasteiger partial charge in [0.1, 0.15) is 0 Å². The van der Waals surface area contributed by atoms with Gasteiger partial charge in [-0.2, -0.15) is 26.3 Å². The third-order valence-corrected chi connectivity index (χ3v) is 4.24. The maximum absolute atomic E-state index is 12.8. The second kappa shape index (κ2) is 10.2. The second-order valence-corrected chi connectivity index (χ2v) is 6.40. The highest BCUT2D eigenvalue weighted by Crippen LogP contribution is 2.41. The Morgan fingerprint density at radius 1 is 0.968 bits per heavy atom. The zero-order valence-corrected chi connectivity index (χ0v) is 16.9. The van der Waals surface area contributed by atoms with Gasteiger partial charge >= 0.3 is 12.4 Å². The first-order chi connectivity index (χ1) is 14.2. The molecule has 0 aliphatic heterocycles. The van der Waals surface area contributed by atoms with Crippen LogP contribution in [0.2, 0.25) is 5.02 Å². The Hall–Kier alpha value is -2.50. The fraction of sp³-hybridized carbons (Fsp3) is 0.316. The van der Waals surface area contributed by atoms with E-state index >= 15 is 0 Å². The Morgan fingerprint density at radius 3 is 1.87 bits per heavy atom. The van der Waals surface area contributed by atoms with Crippen molar-refractivity contribution in [2.75, 3.05) is 20.8 Å². The normalized spacial score (nSPS) is 13.5. The minimum absolute atomic E-state index is 0.0890. The van der Waals surface area contributed by atoms with E-state index in [1.54, 1.807) is 0 Å². The summed E-state index contributed by atoms with van der Waals surface area (Å²) in [4.78, 5) is 10.6. The van der Waals surface area contributed by atoms with E-state index in [-0.39, 0.29) is 11.5 Å². The van der Waals surface area contributed by atoms with Crippen LogP contribution >= 0.6 is 11.6 Å². The lowest BCUT2D eigenvalue weighted by Gasteiger charge is -2.29. The molecule has 3 N–H and O–H groups in total. The average Bonchev–Trinajstić information content (AvgIpc) is 2.71. The molecule has 0 fully saturated rings. The smallest absolute Gasteiger partial charge is 0.454 e. The van der Waals surface area contributed by atoms with Gasteiger partial charge in [-0.25, -0.2) is 0 Å². The van der Waals surface area contributed by atoms with Crippen LogP contribution in [-0.2, 0) is 5.60 Å². The van der Waals surface area contributed by atoms with Gasteiger partial charge in [0.2, 0.25) is 0 Å². The summed E-state index contributed by atoms with van der Waals surface area (Å²) < 4.78 is 83.8. The van der Waals surface area contributed by atoms with Crippen molar-refractivity contribution in [3.63, 3.8) is 0 Å². The molecule has 2 aromatic rings. The van der Waals surface area contributed by atoms with Crippen LogP contribution in [0.3, 0.4) is 0 Å². The zero-order chi connectivity index (χ0) is 24.0. The van der Waals surface area contributed by atoms with Crippen LogP contribution in [0.15, 0.2) is 42.5 Å². The Kier molecular flexibility index (Phi) is 8.74. The van der Waals surface area contributed by atoms with Gasteiger partial charge in [0, 0.05) is 17.1 Å². The van der Waals surface area contributed by atoms with Gasteiger partial charge in [0.15, 0.2) is 17.1 Å².